The zero-order valence-electron chi connectivity index (χ0n) is 9.64. The third-order valence-electron chi connectivity index (χ3n) is 3.04. The van der Waals surface area contributed by atoms with Crippen LogP contribution in [0.1, 0.15) is 33.6 Å². The third kappa shape index (κ3) is 2.75. The summed E-state index contributed by atoms with van der Waals surface area (Å²) in [6.45, 7) is 10.1. The van der Waals surface area contributed by atoms with Crippen LogP contribution in [0.15, 0.2) is 0 Å². The highest BCUT2D eigenvalue weighted by Crippen LogP contribution is 2.40. The van der Waals surface area contributed by atoms with E-state index in [-0.39, 0.29) is 5.41 Å². The molecule has 2 rings (SSSR count). The Kier molecular flexibility index (Phi) is 2.58. The highest BCUT2D eigenvalue weighted by molar-refractivity contribution is 5.09. The van der Waals surface area contributed by atoms with Crippen molar-refractivity contribution in [3.8, 4) is 11.8 Å². The van der Waals surface area contributed by atoms with Crippen molar-refractivity contribution in [2.75, 3.05) is 19.6 Å². The molecule has 78 valence electrons. The fourth-order valence-corrected chi connectivity index (χ4v) is 2.02. The first-order valence-corrected chi connectivity index (χ1v) is 5.77. The Labute approximate surface area is 87.9 Å². The van der Waals surface area contributed by atoms with Crippen LogP contribution in [0.5, 0.6) is 0 Å². The lowest BCUT2D eigenvalue weighted by Gasteiger charge is -2.38. The van der Waals surface area contributed by atoms with Gasteiger partial charge in [0.05, 0.1) is 6.54 Å². The monoisotopic (exact) mass is 191 g/mol. The van der Waals surface area contributed by atoms with Crippen LogP contribution in [-0.2, 0) is 0 Å². The molecule has 0 aromatic rings. The van der Waals surface area contributed by atoms with Crippen molar-refractivity contribution in [3.05, 3.63) is 0 Å². The molecule has 0 aromatic carbocycles. The van der Waals surface area contributed by atoms with Crippen LogP contribution >= 0.6 is 0 Å². The minimum Gasteiger partial charge on any atom is -0.292 e. The molecule has 1 aliphatic heterocycles. The van der Waals surface area contributed by atoms with Crippen molar-refractivity contribution in [1.82, 2.24) is 4.90 Å². The van der Waals surface area contributed by atoms with E-state index in [9.17, 15) is 0 Å². The van der Waals surface area contributed by atoms with Gasteiger partial charge in [0.25, 0.3) is 0 Å². The summed E-state index contributed by atoms with van der Waals surface area (Å²) in [4.78, 5) is 2.47. The summed E-state index contributed by atoms with van der Waals surface area (Å²) in [5, 5.41) is 0. The van der Waals surface area contributed by atoms with Gasteiger partial charge in [-0.25, -0.2) is 0 Å². The molecule has 0 amide bonds. The Morgan fingerprint density at radius 1 is 1.14 bits per heavy atom. The van der Waals surface area contributed by atoms with Crippen LogP contribution in [0.3, 0.4) is 0 Å². The van der Waals surface area contributed by atoms with Gasteiger partial charge in [0.1, 0.15) is 0 Å². The molecule has 0 unspecified atom stereocenters. The van der Waals surface area contributed by atoms with Gasteiger partial charge in [0.2, 0.25) is 0 Å². The number of hydrogen-bond donors (Lipinski definition) is 0. The lowest BCUT2D eigenvalue weighted by Crippen LogP contribution is -2.47. The lowest BCUT2D eigenvalue weighted by atomic mass is 9.94. The van der Waals surface area contributed by atoms with E-state index < -0.39 is 0 Å². The predicted molar refractivity (Wildman–Crippen MR) is 59.9 cm³/mol. The van der Waals surface area contributed by atoms with Crippen molar-refractivity contribution in [2.45, 2.75) is 33.6 Å². The highest BCUT2D eigenvalue weighted by Gasteiger charge is 2.38. The molecular weight excluding hydrogens is 170 g/mol. The average molecular weight is 191 g/mol. The van der Waals surface area contributed by atoms with Crippen LogP contribution in [0.4, 0.5) is 0 Å². The molecule has 0 bridgehead atoms. The van der Waals surface area contributed by atoms with Gasteiger partial charge in [0.15, 0.2) is 0 Å². The summed E-state index contributed by atoms with van der Waals surface area (Å²) in [7, 11) is 0. The first-order chi connectivity index (χ1) is 6.54. The topological polar surface area (TPSA) is 3.24 Å². The number of rotatable bonds is 2. The number of likely N-dealkylation sites (tertiary alicyclic amines) is 1. The molecule has 1 heteroatoms. The van der Waals surface area contributed by atoms with Crippen molar-refractivity contribution in [3.63, 3.8) is 0 Å². The van der Waals surface area contributed by atoms with Gasteiger partial charge < -0.3 is 0 Å². The van der Waals surface area contributed by atoms with E-state index in [0.717, 1.165) is 18.4 Å². The van der Waals surface area contributed by atoms with E-state index in [1.54, 1.807) is 0 Å². The molecule has 1 saturated heterocycles. The highest BCUT2D eigenvalue weighted by atomic mass is 15.2. The predicted octanol–water partition coefficient (Wildman–Crippen LogP) is 2.38. The van der Waals surface area contributed by atoms with Gasteiger partial charge in [-0.05, 0) is 45.4 Å². The zero-order chi connectivity index (χ0) is 10.2. The fraction of sp³-hybridized carbons (Fsp3) is 0.846. The van der Waals surface area contributed by atoms with Gasteiger partial charge >= 0.3 is 0 Å². The molecule has 0 radical (unpaired) electrons. The maximum atomic E-state index is 3.29. The Morgan fingerprint density at radius 3 is 2.29 bits per heavy atom. The third-order valence-corrected chi connectivity index (χ3v) is 3.04. The van der Waals surface area contributed by atoms with Gasteiger partial charge in [-0.15, -0.1) is 0 Å². The molecule has 1 nitrogen and oxygen atoms in total. The van der Waals surface area contributed by atoms with Gasteiger partial charge in [-0.3, -0.25) is 4.90 Å². The van der Waals surface area contributed by atoms with Crippen LogP contribution in [0.25, 0.3) is 0 Å². The second-order valence-corrected chi connectivity index (χ2v) is 5.84. The molecule has 0 spiro atoms. The Morgan fingerprint density at radius 2 is 1.79 bits per heavy atom. The van der Waals surface area contributed by atoms with Crippen LogP contribution in [0, 0.1) is 29.1 Å². The van der Waals surface area contributed by atoms with E-state index in [1.807, 2.05) is 0 Å². The van der Waals surface area contributed by atoms with E-state index in [4.69, 9.17) is 0 Å². The van der Waals surface area contributed by atoms with E-state index >= 15 is 0 Å². The molecule has 1 heterocycles. The van der Waals surface area contributed by atoms with Crippen molar-refractivity contribution in [1.29, 1.82) is 0 Å². The maximum Gasteiger partial charge on any atom is 0.0601 e. The standard InChI is InChI=1S/C13H21N/c1-13(2,3)7-4-8-14-9-12(10-14)11-5-6-11/h11-12H,5-6,8-10H2,1-3H3. The minimum absolute atomic E-state index is 0.167. The first kappa shape index (κ1) is 10.1. The SMILES string of the molecule is CC(C)(C)C#CCN1CC(C2CC2)C1. The van der Waals surface area contributed by atoms with E-state index in [0.29, 0.717) is 0 Å². The average Bonchev–Trinajstić information content (AvgIpc) is 2.74. The van der Waals surface area contributed by atoms with Gasteiger partial charge in [-0.2, -0.15) is 0 Å². The van der Waals surface area contributed by atoms with Crippen molar-refractivity contribution < 1.29 is 0 Å². The van der Waals surface area contributed by atoms with Gasteiger partial charge in [0, 0.05) is 18.5 Å². The largest absolute Gasteiger partial charge is 0.292 e. The maximum absolute atomic E-state index is 3.29. The molecule has 1 saturated carbocycles. The molecule has 2 fully saturated rings. The second-order valence-electron chi connectivity index (χ2n) is 5.84. The molecule has 0 N–H and O–H groups in total. The normalized spacial score (nSPS) is 23.9. The molecule has 1 aliphatic carbocycles. The summed E-state index contributed by atoms with van der Waals surface area (Å²) >= 11 is 0. The Balaban J connectivity index is 1.65. The van der Waals surface area contributed by atoms with Crippen molar-refractivity contribution in [2.24, 2.45) is 17.3 Å². The molecule has 14 heavy (non-hydrogen) atoms. The second kappa shape index (κ2) is 3.59. The fourth-order valence-electron chi connectivity index (χ4n) is 2.02. The summed E-state index contributed by atoms with van der Waals surface area (Å²) in [6, 6.07) is 0. The first-order valence-electron chi connectivity index (χ1n) is 5.77. The van der Waals surface area contributed by atoms with Crippen LogP contribution < -0.4 is 0 Å². The number of hydrogen-bond acceptors (Lipinski definition) is 1. The summed E-state index contributed by atoms with van der Waals surface area (Å²) in [6.07, 6.45) is 2.98. The molecule has 0 aromatic heterocycles. The molecule has 2 aliphatic rings. The Bertz CT molecular complexity index is 253. The van der Waals surface area contributed by atoms with Crippen molar-refractivity contribution >= 4 is 0 Å². The van der Waals surface area contributed by atoms with Crippen LogP contribution in [0.2, 0.25) is 0 Å². The summed E-state index contributed by atoms with van der Waals surface area (Å²) in [5.41, 5.74) is 0.167. The number of nitrogens with zero attached hydrogens (tertiary/aromatic N) is 1. The Hall–Kier alpha value is -0.480. The van der Waals surface area contributed by atoms with E-state index in [1.165, 1.54) is 25.9 Å². The molecule has 0 atom stereocenters. The lowest BCUT2D eigenvalue weighted by molar-refractivity contribution is 0.101. The quantitative estimate of drug-likeness (QED) is 0.606. The smallest absolute Gasteiger partial charge is 0.0601 e. The molecular formula is C13H21N. The summed E-state index contributed by atoms with van der Waals surface area (Å²) < 4.78 is 0. The minimum atomic E-state index is 0.167. The summed E-state index contributed by atoms with van der Waals surface area (Å²) in [5.74, 6) is 8.68. The van der Waals surface area contributed by atoms with E-state index in [2.05, 4.69) is 37.5 Å². The van der Waals surface area contributed by atoms with Gasteiger partial charge in [-0.1, -0.05) is 11.8 Å². The van der Waals surface area contributed by atoms with Crippen LogP contribution in [-0.4, -0.2) is 24.5 Å². The zero-order valence-corrected chi connectivity index (χ0v) is 9.64.